The molecule has 1 aromatic rings. The van der Waals surface area contributed by atoms with Gasteiger partial charge in [-0.25, -0.2) is 5.14 Å². The zero-order valence-electron chi connectivity index (χ0n) is 10.5. The van der Waals surface area contributed by atoms with Crippen molar-refractivity contribution < 1.29 is 17.9 Å². The van der Waals surface area contributed by atoms with Crippen LogP contribution in [0.3, 0.4) is 0 Å². The summed E-state index contributed by atoms with van der Waals surface area (Å²) in [7, 11) is -2.25. The summed E-state index contributed by atoms with van der Waals surface area (Å²) in [5.74, 6) is -0.162. The highest BCUT2D eigenvalue weighted by molar-refractivity contribution is 7.90. The Morgan fingerprint density at radius 2 is 2.05 bits per heavy atom. The number of carbonyl (C=O) groups is 1. The van der Waals surface area contributed by atoms with E-state index in [1.807, 2.05) is 0 Å². The molecule has 0 unspecified atom stereocenters. The van der Waals surface area contributed by atoms with Crippen LogP contribution in [-0.4, -0.2) is 28.0 Å². The van der Waals surface area contributed by atoms with Crippen molar-refractivity contribution in [1.29, 1.82) is 0 Å². The molecule has 0 aliphatic carbocycles. The Morgan fingerprint density at radius 3 is 2.68 bits per heavy atom. The fourth-order valence-electron chi connectivity index (χ4n) is 1.43. The van der Waals surface area contributed by atoms with Crippen molar-refractivity contribution >= 4 is 27.5 Å². The topological polar surface area (TPSA) is 111 Å². The van der Waals surface area contributed by atoms with Crippen molar-refractivity contribution in [3.8, 4) is 0 Å². The number of nitrogens with two attached hydrogens (primary N) is 1. The summed E-state index contributed by atoms with van der Waals surface area (Å²) >= 11 is 0. The molecular formula is C11H17N3O4S. The second kappa shape index (κ2) is 7.07. The fraction of sp³-hybridized carbons (Fsp3) is 0.364. The molecule has 0 heterocycles. The lowest BCUT2D eigenvalue weighted by Gasteiger charge is -2.08. The second-order valence-electron chi connectivity index (χ2n) is 3.87. The summed E-state index contributed by atoms with van der Waals surface area (Å²) in [5, 5.41) is 7.52. The van der Waals surface area contributed by atoms with E-state index in [0.29, 0.717) is 25.1 Å². The van der Waals surface area contributed by atoms with Gasteiger partial charge in [0.2, 0.25) is 5.91 Å². The SMILES string of the molecule is COCCCC(=O)Nc1cccc(NS(N)(=O)=O)c1. The summed E-state index contributed by atoms with van der Waals surface area (Å²) in [6, 6.07) is 6.28. The van der Waals surface area contributed by atoms with Crippen molar-refractivity contribution in [2.45, 2.75) is 12.8 Å². The highest BCUT2D eigenvalue weighted by Gasteiger charge is 2.05. The Labute approximate surface area is 112 Å². The molecule has 0 aliphatic heterocycles. The summed E-state index contributed by atoms with van der Waals surface area (Å²) in [6.07, 6.45) is 0.956. The molecule has 0 aromatic heterocycles. The number of hydrogen-bond donors (Lipinski definition) is 3. The Kier molecular flexibility index (Phi) is 5.74. The third-order valence-corrected chi connectivity index (χ3v) is 2.68. The van der Waals surface area contributed by atoms with Crippen LogP contribution in [0.4, 0.5) is 11.4 Å². The Balaban J connectivity index is 2.59. The molecule has 0 bridgehead atoms. The zero-order valence-corrected chi connectivity index (χ0v) is 11.4. The molecule has 1 aromatic carbocycles. The molecule has 19 heavy (non-hydrogen) atoms. The first-order valence-corrected chi connectivity index (χ1v) is 7.15. The standard InChI is InChI=1S/C11H17N3O4S/c1-18-7-3-6-11(15)13-9-4-2-5-10(8-9)14-19(12,16)17/h2,4-5,8,14H,3,6-7H2,1H3,(H,13,15)(H2,12,16,17). The zero-order chi connectivity index (χ0) is 14.3. The number of benzene rings is 1. The molecule has 0 saturated heterocycles. The highest BCUT2D eigenvalue weighted by Crippen LogP contribution is 2.15. The van der Waals surface area contributed by atoms with Gasteiger partial charge in [0, 0.05) is 25.8 Å². The summed E-state index contributed by atoms with van der Waals surface area (Å²) in [4.78, 5) is 11.6. The van der Waals surface area contributed by atoms with Gasteiger partial charge in [0.1, 0.15) is 0 Å². The lowest BCUT2D eigenvalue weighted by atomic mass is 10.2. The second-order valence-corrected chi connectivity index (χ2v) is 5.17. The minimum Gasteiger partial charge on any atom is -0.385 e. The van der Waals surface area contributed by atoms with Crippen LogP contribution in [0.5, 0.6) is 0 Å². The van der Waals surface area contributed by atoms with Crippen LogP contribution >= 0.6 is 0 Å². The Hall–Kier alpha value is -1.64. The van der Waals surface area contributed by atoms with Crippen LogP contribution in [0.15, 0.2) is 24.3 Å². The maximum absolute atomic E-state index is 11.6. The van der Waals surface area contributed by atoms with Gasteiger partial charge >= 0.3 is 0 Å². The van der Waals surface area contributed by atoms with E-state index in [2.05, 4.69) is 10.0 Å². The molecule has 7 nitrogen and oxygen atoms in total. The van der Waals surface area contributed by atoms with Gasteiger partial charge in [-0.1, -0.05) is 6.07 Å². The average Bonchev–Trinajstić information content (AvgIpc) is 2.27. The maximum Gasteiger partial charge on any atom is 0.296 e. The van der Waals surface area contributed by atoms with E-state index in [1.165, 1.54) is 12.1 Å². The first-order valence-electron chi connectivity index (χ1n) is 5.60. The third kappa shape index (κ3) is 6.75. The van der Waals surface area contributed by atoms with Gasteiger partial charge in [0.25, 0.3) is 10.2 Å². The van der Waals surface area contributed by atoms with Gasteiger partial charge in [0.05, 0.1) is 5.69 Å². The number of methoxy groups -OCH3 is 1. The van der Waals surface area contributed by atoms with Crippen LogP contribution in [0.25, 0.3) is 0 Å². The predicted octanol–water partition coefficient (Wildman–Crippen LogP) is 0.667. The molecular weight excluding hydrogens is 270 g/mol. The van der Waals surface area contributed by atoms with Crippen molar-refractivity contribution in [1.82, 2.24) is 0 Å². The van der Waals surface area contributed by atoms with E-state index in [-0.39, 0.29) is 11.6 Å². The van der Waals surface area contributed by atoms with E-state index in [1.54, 1.807) is 19.2 Å². The number of anilines is 2. The van der Waals surface area contributed by atoms with Crippen LogP contribution in [0.1, 0.15) is 12.8 Å². The lowest BCUT2D eigenvalue weighted by molar-refractivity contribution is -0.116. The number of hydrogen-bond acceptors (Lipinski definition) is 4. The van der Waals surface area contributed by atoms with Crippen molar-refractivity contribution in [3.05, 3.63) is 24.3 Å². The van der Waals surface area contributed by atoms with E-state index in [4.69, 9.17) is 9.88 Å². The van der Waals surface area contributed by atoms with Gasteiger partial charge in [-0.05, 0) is 24.6 Å². The van der Waals surface area contributed by atoms with Crippen LogP contribution in [-0.2, 0) is 19.7 Å². The maximum atomic E-state index is 11.6. The molecule has 1 rings (SSSR count). The monoisotopic (exact) mass is 287 g/mol. The first kappa shape index (κ1) is 15.4. The molecule has 0 spiro atoms. The molecule has 4 N–H and O–H groups in total. The molecule has 8 heteroatoms. The number of amides is 1. The number of carbonyl (C=O) groups excluding carboxylic acids is 1. The summed E-state index contributed by atoms with van der Waals surface area (Å²) < 4.78 is 28.7. The van der Waals surface area contributed by atoms with Crippen molar-refractivity contribution in [2.24, 2.45) is 5.14 Å². The Morgan fingerprint density at radius 1 is 1.37 bits per heavy atom. The van der Waals surface area contributed by atoms with Gasteiger partial charge < -0.3 is 10.1 Å². The fourth-order valence-corrected chi connectivity index (χ4v) is 1.88. The van der Waals surface area contributed by atoms with E-state index in [9.17, 15) is 13.2 Å². The van der Waals surface area contributed by atoms with Crippen LogP contribution < -0.4 is 15.2 Å². The molecule has 0 radical (unpaired) electrons. The highest BCUT2D eigenvalue weighted by atomic mass is 32.2. The van der Waals surface area contributed by atoms with Crippen LogP contribution in [0.2, 0.25) is 0 Å². The average molecular weight is 287 g/mol. The van der Waals surface area contributed by atoms with Crippen molar-refractivity contribution in [3.63, 3.8) is 0 Å². The van der Waals surface area contributed by atoms with Gasteiger partial charge in [-0.2, -0.15) is 8.42 Å². The smallest absolute Gasteiger partial charge is 0.296 e. The lowest BCUT2D eigenvalue weighted by Crippen LogP contribution is -2.21. The number of ether oxygens (including phenoxy) is 1. The first-order chi connectivity index (χ1) is 8.90. The van der Waals surface area contributed by atoms with E-state index < -0.39 is 10.2 Å². The molecule has 0 saturated carbocycles. The minimum atomic E-state index is -3.82. The molecule has 106 valence electrons. The molecule has 1 amide bonds. The van der Waals surface area contributed by atoms with Crippen LogP contribution in [0, 0.1) is 0 Å². The van der Waals surface area contributed by atoms with Gasteiger partial charge in [-0.3, -0.25) is 9.52 Å². The quantitative estimate of drug-likeness (QED) is 0.640. The van der Waals surface area contributed by atoms with E-state index in [0.717, 1.165) is 0 Å². The number of nitrogens with one attached hydrogen (secondary N) is 2. The minimum absolute atomic E-state index is 0.162. The molecule has 0 fully saturated rings. The third-order valence-electron chi connectivity index (χ3n) is 2.16. The van der Waals surface area contributed by atoms with Crippen molar-refractivity contribution in [2.75, 3.05) is 23.8 Å². The van der Waals surface area contributed by atoms with Gasteiger partial charge in [-0.15, -0.1) is 0 Å². The normalized spacial score (nSPS) is 11.1. The summed E-state index contributed by atoms with van der Waals surface area (Å²) in [6.45, 7) is 0.514. The molecule has 0 aliphatic rings. The Bertz CT molecular complexity index is 530. The van der Waals surface area contributed by atoms with Gasteiger partial charge in [0.15, 0.2) is 0 Å². The molecule has 0 atom stereocenters. The largest absolute Gasteiger partial charge is 0.385 e. The predicted molar refractivity (Wildman–Crippen MR) is 72.9 cm³/mol. The number of rotatable bonds is 7. The van der Waals surface area contributed by atoms with E-state index >= 15 is 0 Å². The summed E-state index contributed by atoms with van der Waals surface area (Å²) in [5.41, 5.74) is 0.785.